The zero-order valence-corrected chi connectivity index (χ0v) is 15.2. The number of carbonyl (C=O) groups is 1. The molecule has 0 saturated heterocycles. The molecule has 0 saturated carbocycles. The van der Waals surface area contributed by atoms with Gasteiger partial charge in [-0.2, -0.15) is 0 Å². The van der Waals surface area contributed by atoms with Crippen LogP contribution in [0.3, 0.4) is 0 Å². The van der Waals surface area contributed by atoms with Crippen molar-refractivity contribution in [1.29, 1.82) is 0 Å². The van der Waals surface area contributed by atoms with E-state index < -0.39 is 5.60 Å². The molecule has 3 heteroatoms. The van der Waals surface area contributed by atoms with Crippen LogP contribution in [0.15, 0.2) is 66.7 Å². The molecule has 1 atom stereocenters. The number of rotatable bonds is 6. The fourth-order valence-corrected chi connectivity index (χ4v) is 2.50. The summed E-state index contributed by atoms with van der Waals surface area (Å²) in [5, 5.41) is 3.00. The highest BCUT2D eigenvalue weighted by molar-refractivity contribution is 5.68. The van der Waals surface area contributed by atoms with Crippen molar-refractivity contribution in [3.63, 3.8) is 0 Å². The van der Waals surface area contributed by atoms with Crippen LogP contribution in [0.4, 0.5) is 4.79 Å². The first-order chi connectivity index (χ1) is 11.9. The summed E-state index contributed by atoms with van der Waals surface area (Å²) < 4.78 is 5.40. The van der Waals surface area contributed by atoms with Crippen molar-refractivity contribution in [3.8, 4) is 0 Å². The van der Waals surface area contributed by atoms with Crippen molar-refractivity contribution >= 4 is 12.2 Å². The molecule has 0 aliphatic heterocycles. The Labute approximate surface area is 150 Å². The maximum Gasteiger partial charge on any atom is 0.407 e. The second-order valence-electron chi connectivity index (χ2n) is 7.08. The van der Waals surface area contributed by atoms with Gasteiger partial charge in [0.25, 0.3) is 0 Å². The maximum atomic E-state index is 12.1. The number of hydrogen-bond acceptors (Lipinski definition) is 2. The topological polar surface area (TPSA) is 38.3 Å². The summed E-state index contributed by atoms with van der Waals surface area (Å²) in [5.74, 6) is 0. The Kier molecular flexibility index (Phi) is 6.81. The molecule has 132 valence electrons. The van der Waals surface area contributed by atoms with E-state index in [1.165, 1.54) is 5.56 Å². The van der Waals surface area contributed by atoms with Crippen LogP contribution in [-0.2, 0) is 11.2 Å². The van der Waals surface area contributed by atoms with Gasteiger partial charge >= 0.3 is 6.09 Å². The van der Waals surface area contributed by atoms with Crippen LogP contribution >= 0.6 is 0 Å². The molecule has 2 aromatic rings. The average Bonchev–Trinajstić information content (AvgIpc) is 2.55. The Hall–Kier alpha value is -2.55. The molecule has 25 heavy (non-hydrogen) atoms. The highest BCUT2D eigenvalue weighted by atomic mass is 16.6. The number of benzene rings is 2. The lowest BCUT2D eigenvalue weighted by molar-refractivity contribution is 0.0504. The molecule has 3 nitrogen and oxygen atoms in total. The van der Waals surface area contributed by atoms with Gasteiger partial charge in [-0.1, -0.05) is 72.8 Å². The van der Waals surface area contributed by atoms with Gasteiger partial charge in [-0.25, -0.2) is 4.79 Å². The average molecular weight is 337 g/mol. The first-order valence-electron chi connectivity index (χ1n) is 8.67. The van der Waals surface area contributed by atoms with Crippen LogP contribution in [0.25, 0.3) is 6.08 Å². The number of ether oxygens (including phenoxy) is 1. The molecule has 0 heterocycles. The van der Waals surface area contributed by atoms with Gasteiger partial charge in [-0.3, -0.25) is 0 Å². The Morgan fingerprint density at radius 3 is 2.24 bits per heavy atom. The minimum atomic E-state index is -0.499. The first-order valence-corrected chi connectivity index (χ1v) is 8.67. The molecule has 0 aromatic heterocycles. The molecular weight excluding hydrogens is 310 g/mol. The van der Waals surface area contributed by atoms with Gasteiger partial charge in [0.05, 0.1) is 0 Å². The Morgan fingerprint density at radius 1 is 1.04 bits per heavy atom. The minimum Gasteiger partial charge on any atom is -0.444 e. The second kappa shape index (κ2) is 9.07. The number of amides is 1. The van der Waals surface area contributed by atoms with Gasteiger partial charge in [-0.15, -0.1) is 0 Å². The van der Waals surface area contributed by atoms with Crippen molar-refractivity contribution in [2.45, 2.75) is 45.3 Å². The first kappa shape index (κ1) is 18.8. The van der Waals surface area contributed by atoms with E-state index in [-0.39, 0.29) is 12.1 Å². The second-order valence-corrected chi connectivity index (χ2v) is 7.08. The zero-order valence-electron chi connectivity index (χ0n) is 15.2. The number of hydrogen-bond donors (Lipinski definition) is 1. The van der Waals surface area contributed by atoms with E-state index in [0.717, 1.165) is 18.4 Å². The Morgan fingerprint density at radius 2 is 1.64 bits per heavy atom. The maximum absolute atomic E-state index is 12.1. The van der Waals surface area contributed by atoms with Crippen LogP contribution < -0.4 is 5.32 Å². The van der Waals surface area contributed by atoms with E-state index in [4.69, 9.17) is 4.74 Å². The minimum absolute atomic E-state index is 0.0165. The summed E-state index contributed by atoms with van der Waals surface area (Å²) in [7, 11) is 0. The van der Waals surface area contributed by atoms with E-state index in [1.54, 1.807) is 0 Å². The summed E-state index contributed by atoms with van der Waals surface area (Å²) in [5.41, 5.74) is 1.84. The molecule has 0 aliphatic carbocycles. The monoisotopic (exact) mass is 337 g/mol. The van der Waals surface area contributed by atoms with Crippen LogP contribution in [0.5, 0.6) is 0 Å². The van der Waals surface area contributed by atoms with Crippen LogP contribution in [-0.4, -0.2) is 17.7 Å². The van der Waals surface area contributed by atoms with Gasteiger partial charge in [-0.05, 0) is 44.7 Å². The van der Waals surface area contributed by atoms with E-state index in [2.05, 4.69) is 41.7 Å². The van der Waals surface area contributed by atoms with Crippen LogP contribution in [0.2, 0.25) is 0 Å². The number of alkyl carbamates (subject to hydrolysis) is 1. The van der Waals surface area contributed by atoms with Crippen LogP contribution in [0, 0.1) is 0 Å². The third kappa shape index (κ3) is 7.71. The predicted octanol–water partition coefficient (Wildman–Crippen LogP) is 5.23. The third-order valence-corrected chi connectivity index (χ3v) is 3.58. The molecule has 0 bridgehead atoms. The summed E-state index contributed by atoms with van der Waals surface area (Å²) in [4.78, 5) is 12.1. The zero-order chi connectivity index (χ0) is 18.1. The molecule has 2 aromatic carbocycles. The Bertz CT molecular complexity index is 672. The highest BCUT2D eigenvalue weighted by Crippen LogP contribution is 2.11. The SMILES string of the molecule is CC(C)(C)OC(=O)N[C@@H](C/C=C/c1ccccc1)Cc1ccccc1. The van der Waals surface area contributed by atoms with Crippen molar-refractivity contribution in [1.82, 2.24) is 5.32 Å². The molecule has 1 amide bonds. The predicted molar refractivity (Wildman–Crippen MR) is 103 cm³/mol. The fourth-order valence-electron chi connectivity index (χ4n) is 2.50. The van der Waals surface area contributed by atoms with Gasteiger partial charge in [0.1, 0.15) is 5.60 Å². The van der Waals surface area contributed by atoms with Crippen molar-refractivity contribution in [3.05, 3.63) is 77.9 Å². The van der Waals surface area contributed by atoms with E-state index in [1.807, 2.05) is 57.2 Å². The smallest absolute Gasteiger partial charge is 0.407 e. The van der Waals surface area contributed by atoms with Crippen molar-refractivity contribution in [2.75, 3.05) is 0 Å². The third-order valence-electron chi connectivity index (χ3n) is 3.58. The van der Waals surface area contributed by atoms with Crippen LogP contribution in [0.1, 0.15) is 38.3 Å². The Balaban J connectivity index is 2.00. The molecule has 0 fully saturated rings. The molecule has 0 spiro atoms. The molecule has 0 unspecified atom stereocenters. The quantitative estimate of drug-likeness (QED) is 0.784. The lowest BCUT2D eigenvalue weighted by Crippen LogP contribution is -2.40. The normalized spacial score (nSPS) is 12.8. The van der Waals surface area contributed by atoms with E-state index in [9.17, 15) is 4.79 Å². The number of carbonyl (C=O) groups excluding carboxylic acids is 1. The molecular formula is C22H27NO2. The molecule has 0 radical (unpaired) electrons. The summed E-state index contributed by atoms with van der Waals surface area (Å²) in [6.07, 6.45) is 5.30. The standard InChI is InChI=1S/C22H27NO2/c1-22(2,3)25-21(24)23-20(17-19-13-8-5-9-14-19)16-10-15-18-11-6-4-7-12-18/h4-15,20H,16-17H2,1-3H3,(H,23,24)/b15-10+/t20-/m0/s1. The van der Waals surface area contributed by atoms with Crippen molar-refractivity contribution in [2.24, 2.45) is 0 Å². The van der Waals surface area contributed by atoms with Crippen molar-refractivity contribution < 1.29 is 9.53 Å². The van der Waals surface area contributed by atoms with E-state index in [0.29, 0.717) is 0 Å². The van der Waals surface area contributed by atoms with Gasteiger partial charge in [0, 0.05) is 6.04 Å². The van der Waals surface area contributed by atoms with Gasteiger partial charge in [0.15, 0.2) is 0 Å². The lowest BCUT2D eigenvalue weighted by Gasteiger charge is -2.23. The molecule has 0 aliphatic rings. The molecule has 1 N–H and O–H groups in total. The summed E-state index contributed by atoms with van der Waals surface area (Å²) in [6.45, 7) is 5.61. The largest absolute Gasteiger partial charge is 0.444 e. The fraction of sp³-hybridized carbons (Fsp3) is 0.318. The van der Waals surface area contributed by atoms with Gasteiger partial charge < -0.3 is 10.1 Å². The van der Waals surface area contributed by atoms with E-state index >= 15 is 0 Å². The summed E-state index contributed by atoms with van der Waals surface area (Å²) in [6, 6.07) is 20.3. The lowest BCUT2D eigenvalue weighted by atomic mass is 10.0. The highest BCUT2D eigenvalue weighted by Gasteiger charge is 2.19. The molecule has 2 rings (SSSR count). The number of nitrogens with one attached hydrogen (secondary N) is 1. The van der Waals surface area contributed by atoms with Gasteiger partial charge in [0.2, 0.25) is 0 Å². The summed E-state index contributed by atoms with van der Waals surface area (Å²) >= 11 is 0.